The van der Waals surface area contributed by atoms with Crippen LogP contribution in [0.3, 0.4) is 0 Å². The monoisotopic (exact) mass is 139 g/mol. The molecule has 0 rings (SSSR count). The summed E-state index contributed by atoms with van der Waals surface area (Å²) in [5.74, 6) is -1.08. The third-order valence-electron chi connectivity index (χ3n) is 1.03. The number of nitriles is 1. The Morgan fingerprint density at radius 2 is 2.20 bits per heavy atom. The molecule has 3 heteroatoms. The first kappa shape index (κ1) is 8.70. The topological polar surface area (TPSA) is 61.1 Å². The van der Waals surface area contributed by atoms with Crippen LogP contribution < -0.4 is 0 Å². The lowest BCUT2D eigenvalue weighted by Crippen LogP contribution is -1.96. The molecule has 3 nitrogen and oxygen atoms in total. The van der Waals surface area contributed by atoms with Gasteiger partial charge in [-0.2, -0.15) is 5.26 Å². The maximum atomic E-state index is 10.0. The van der Waals surface area contributed by atoms with E-state index in [1.807, 2.05) is 6.07 Å². The molecular formula is C7H9NO2. The van der Waals surface area contributed by atoms with Crippen molar-refractivity contribution in [2.75, 3.05) is 0 Å². The van der Waals surface area contributed by atoms with Crippen LogP contribution in [0.2, 0.25) is 0 Å². The van der Waals surface area contributed by atoms with Crippen molar-refractivity contribution in [2.24, 2.45) is 5.92 Å². The highest BCUT2D eigenvalue weighted by molar-refractivity contribution is 5.81. The minimum absolute atomic E-state index is 0.0129. The highest BCUT2D eigenvalue weighted by Crippen LogP contribution is 2.06. The number of carboxylic acid groups (broad SMARTS) is 1. The van der Waals surface area contributed by atoms with Crippen molar-refractivity contribution < 1.29 is 9.90 Å². The molecule has 0 aliphatic carbocycles. The maximum Gasteiger partial charge on any atom is 0.329 e. The summed E-state index contributed by atoms with van der Waals surface area (Å²) in [5.41, 5.74) is 0.299. The molecule has 0 aromatic rings. The first-order valence-electron chi connectivity index (χ1n) is 2.92. The largest absolute Gasteiger partial charge is 0.478 e. The van der Waals surface area contributed by atoms with E-state index in [1.165, 1.54) is 0 Å². The van der Waals surface area contributed by atoms with Gasteiger partial charge in [0.2, 0.25) is 0 Å². The van der Waals surface area contributed by atoms with Crippen molar-refractivity contribution in [1.82, 2.24) is 0 Å². The quantitative estimate of drug-likeness (QED) is 0.461. The number of aliphatic carboxylic acids is 1. The molecule has 0 aromatic carbocycles. The average Bonchev–Trinajstić information content (AvgIpc) is 1.81. The van der Waals surface area contributed by atoms with E-state index in [0.29, 0.717) is 5.57 Å². The maximum absolute atomic E-state index is 10.0. The number of nitrogens with zero attached hydrogens (tertiary/aromatic N) is 1. The lowest BCUT2D eigenvalue weighted by Gasteiger charge is -1.97. The molecule has 0 amide bonds. The van der Waals surface area contributed by atoms with Crippen molar-refractivity contribution in [2.45, 2.75) is 13.8 Å². The number of allylic oxidation sites excluding steroid dienone is 1. The molecule has 0 spiro atoms. The molecule has 0 aliphatic heterocycles. The smallest absolute Gasteiger partial charge is 0.329 e. The highest BCUT2D eigenvalue weighted by Gasteiger charge is 2.02. The molecule has 0 aromatic heterocycles. The van der Waals surface area contributed by atoms with Gasteiger partial charge in [-0.15, -0.1) is 0 Å². The van der Waals surface area contributed by atoms with E-state index in [2.05, 4.69) is 0 Å². The van der Waals surface area contributed by atoms with Crippen LogP contribution in [0.5, 0.6) is 0 Å². The molecular weight excluding hydrogens is 130 g/mol. The summed E-state index contributed by atoms with van der Waals surface area (Å²) in [6.45, 7) is 3.55. The van der Waals surface area contributed by atoms with Crippen molar-refractivity contribution in [3.05, 3.63) is 11.6 Å². The second-order valence-electron chi connectivity index (χ2n) is 2.20. The second-order valence-corrected chi connectivity index (χ2v) is 2.20. The molecule has 0 heterocycles. The van der Waals surface area contributed by atoms with Crippen molar-refractivity contribution in [1.29, 1.82) is 5.26 Å². The molecule has 1 N–H and O–H groups in total. The van der Waals surface area contributed by atoms with Gasteiger partial charge < -0.3 is 5.11 Å². The highest BCUT2D eigenvalue weighted by atomic mass is 16.4. The summed E-state index contributed by atoms with van der Waals surface area (Å²) in [6.07, 6.45) is 0.935. The normalized spacial score (nSPS) is 11.2. The molecule has 0 radical (unpaired) electrons. The van der Waals surface area contributed by atoms with Gasteiger partial charge in [0.25, 0.3) is 0 Å². The summed E-state index contributed by atoms with van der Waals surface area (Å²) in [5, 5.41) is 16.6. The van der Waals surface area contributed by atoms with Gasteiger partial charge >= 0.3 is 5.97 Å². The fraction of sp³-hybridized carbons (Fsp3) is 0.429. The van der Waals surface area contributed by atoms with Crippen LogP contribution in [-0.2, 0) is 4.79 Å². The van der Waals surface area contributed by atoms with Gasteiger partial charge in [0.05, 0.1) is 6.07 Å². The Balaban J connectivity index is 4.38. The van der Waals surface area contributed by atoms with Gasteiger partial charge in [0.15, 0.2) is 0 Å². The molecule has 0 saturated heterocycles. The molecule has 0 aliphatic rings. The fourth-order valence-electron chi connectivity index (χ4n) is 0.461. The Morgan fingerprint density at radius 1 is 1.70 bits per heavy atom. The summed E-state index contributed by atoms with van der Waals surface area (Å²) < 4.78 is 0. The average molecular weight is 139 g/mol. The molecule has 0 saturated carbocycles. The Morgan fingerprint density at radius 3 is 2.30 bits per heavy atom. The first-order chi connectivity index (χ1) is 4.57. The van der Waals surface area contributed by atoms with E-state index in [-0.39, 0.29) is 5.92 Å². The minimum Gasteiger partial charge on any atom is -0.478 e. The van der Waals surface area contributed by atoms with Crippen LogP contribution in [0.4, 0.5) is 0 Å². The summed E-state index contributed by atoms with van der Waals surface area (Å²) >= 11 is 0. The Hall–Kier alpha value is -1.30. The van der Waals surface area contributed by atoms with Gasteiger partial charge in [-0.25, -0.2) is 4.79 Å². The lowest BCUT2D eigenvalue weighted by atomic mass is 10.1. The Kier molecular flexibility index (Phi) is 3.20. The standard InChI is InChI=1S/C7H9NO2/c1-5(2)6(4-8)3-7(9)10/h3,5H,1-2H3,(H,9,10)/b6-3+. The lowest BCUT2D eigenvalue weighted by molar-refractivity contribution is -0.131. The van der Waals surface area contributed by atoms with Gasteiger partial charge in [-0.05, 0) is 5.92 Å². The molecule has 0 unspecified atom stereocenters. The van der Waals surface area contributed by atoms with E-state index in [0.717, 1.165) is 6.08 Å². The zero-order chi connectivity index (χ0) is 8.15. The van der Waals surface area contributed by atoms with Crippen molar-refractivity contribution in [3.8, 4) is 6.07 Å². The minimum atomic E-state index is -1.06. The third-order valence-corrected chi connectivity index (χ3v) is 1.03. The van der Waals surface area contributed by atoms with Gasteiger partial charge in [-0.3, -0.25) is 0 Å². The predicted octanol–water partition coefficient (Wildman–Crippen LogP) is 1.18. The van der Waals surface area contributed by atoms with E-state index in [1.54, 1.807) is 13.8 Å². The van der Waals surface area contributed by atoms with E-state index >= 15 is 0 Å². The number of carboxylic acids is 1. The zero-order valence-corrected chi connectivity index (χ0v) is 5.96. The summed E-state index contributed by atoms with van der Waals surface area (Å²) in [7, 11) is 0. The summed E-state index contributed by atoms with van der Waals surface area (Å²) in [6, 6.07) is 1.81. The van der Waals surface area contributed by atoms with Crippen molar-refractivity contribution >= 4 is 5.97 Å². The predicted molar refractivity (Wildman–Crippen MR) is 36.2 cm³/mol. The van der Waals surface area contributed by atoms with E-state index < -0.39 is 5.97 Å². The van der Waals surface area contributed by atoms with Crippen LogP contribution in [0.25, 0.3) is 0 Å². The van der Waals surface area contributed by atoms with Crippen LogP contribution in [-0.4, -0.2) is 11.1 Å². The Labute approximate surface area is 59.6 Å². The number of carbonyl (C=O) groups is 1. The van der Waals surface area contributed by atoms with Crippen LogP contribution in [0.1, 0.15) is 13.8 Å². The van der Waals surface area contributed by atoms with Crippen LogP contribution in [0, 0.1) is 17.2 Å². The first-order valence-corrected chi connectivity index (χ1v) is 2.92. The number of hydrogen-bond donors (Lipinski definition) is 1. The number of hydrogen-bond acceptors (Lipinski definition) is 2. The van der Waals surface area contributed by atoms with Crippen LogP contribution in [0.15, 0.2) is 11.6 Å². The van der Waals surface area contributed by atoms with E-state index in [9.17, 15) is 4.79 Å². The van der Waals surface area contributed by atoms with Gasteiger partial charge in [0, 0.05) is 11.6 Å². The molecule has 10 heavy (non-hydrogen) atoms. The van der Waals surface area contributed by atoms with Crippen LogP contribution >= 0.6 is 0 Å². The number of rotatable bonds is 2. The fourth-order valence-corrected chi connectivity index (χ4v) is 0.461. The zero-order valence-electron chi connectivity index (χ0n) is 5.96. The molecule has 0 bridgehead atoms. The molecule has 0 atom stereocenters. The molecule has 0 fully saturated rings. The summed E-state index contributed by atoms with van der Waals surface area (Å²) in [4.78, 5) is 10.0. The second kappa shape index (κ2) is 3.67. The molecule has 54 valence electrons. The van der Waals surface area contributed by atoms with E-state index in [4.69, 9.17) is 10.4 Å². The Bertz CT molecular complexity index is 198. The van der Waals surface area contributed by atoms with Gasteiger partial charge in [0.1, 0.15) is 0 Å². The van der Waals surface area contributed by atoms with Gasteiger partial charge in [-0.1, -0.05) is 13.8 Å². The SMILES string of the molecule is CC(C)/C(C#N)=C/C(=O)O. The third kappa shape index (κ3) is 2.88. The van der Waals surface area contributed by atoms with Crippen molar-refractivity contribution in [3.63, 3.8) is 0 Å².